The number of carboxylic acid groups (broad SMARTS) is 1. The third-order valence-corrected chi connectivity index (χ3v) is 2.45. The largest absolute Gasteiger partial charge is 0.480 e. The molecule has 1 atom stereocenters. The Morgan fingerprint density at radius 2 is 2.10 bits per heavy atom. The highest BCUT2D eigenvalue weighted by Crippen LogP contribution is 1.97. The molecule has 1 heterocycles. The van der Waals surface area contributed by atoms with E-state index in [4.69, 9.17) is 9.52 Å². The summed E-state index contributed by atoms with van der Waals surface area (Å²) in [4.78, 5) is 33.5. The van der Waals surface area contributed by atoms with Crippen LogP contribution in [0.25, 0.3) is 0 Å². The zero-order valence-electron chi connectivity index (χ0n) is 11.0. The highest BCUT2D eigenvalue weighted by atomic mass is 16.4. The monoisotopic (exact) mass is 283 g/mol. The first-order valence-corrected chi connectivity index (χ1v) is 6.09. The first-order valence-electron chi connectivity index (χ1n) is 6.09. The topological polar surface area (TPSA) is 121 Å². The number of carboxylic acids is 1. The SMILES string of the molecule is CCC(NC(=O)CNC(=O)NCc1ccco1)C(=O)O. The molecule has 3 amide bonds. The zero-order chi connectivity index (χ0) is 15.0. The zero-order valence-corrected chi connectivity index (χ0v) is 11.0. The predicted octanol–water partition coefficient (Wildman–Crippen LogP) is 0.0582. The van der Waals surface area contributed by atoms with Crippen LogP contribution in [-0.4, -0.2) is 35.6 Å². The van der Waals surface area contributed by atoms with Crippen LogP contribution in [0.15, 0.2) is 22.8 Å². The van der Waals surface area contributed by atoms with Crippen molar-refractivity contribution in [1.82, 2.24) is 16.0 Å². The van der Waals surface area contributed by atoms with Gasteiger partial charge in [-0.3, -0.25) is 4.79 Å². The molecule has 0 radical (unpaired) electrons. The summed E-state index contributed by atoms with van der Waals surface area (Å²) in [5.41, 5.74) is 0. The Hall–Kier alpha value is -2.51. The molecule has 0 spiro atoms. The number of rotatable bonds is 7. The summed E-state index contributed by atoms with van der Waals surface area (Å²) in [6, 6.07) is 1.90. The number of carbonyl (C=O) groups excluding carboxylic acids is 2. The lowest BCUT2D eigenvalue weighted by molar-refractivity contribution is -0.141. The fourth-order valence-corrected chi connectivity index (χ4v) is 1.39. The van der Waals surface area contributed by atoms with Crippen molar-refractivity contribution in [3.05, 3.63) is 24.2 Å². The second kappa shape index (κ2) is 7.82. The fourth-order valence-electron chi connectivity index (χ4n) is 1.39. The molecule has 0 fully saturated rings. The molecule has 8 nitrogen and oxygen atoms in total. The first kappa shape index (κ1) is 15.5. The van der Waals surface area contributed by atoms with Gasteiger partial charge < -0.3 is 25.5 Å². The van der Waals surface area contributed by atoms with Crippen LogP contribution in [0.1, 0.15) is 19.1 Å². The van der Waals surface area contributed by atoms with E-state index in [1.807, 2.05) is 0 Å². The first-order chi connectivity index (χ1) is 9.52. The van der Waals surface area contributed by atoms with E-state index in [2.05, 4.69) is 16.0 Å². The number of nitrogens with one attached hydrogen (secondary N) is 3. The number of hydrogen-bond acceptors (Lipinski definition) is 4. The molecule has 1 rings (SSSR count). The maximum absolute atomic E-state index is 11.4. The molecule has 0 aliphatic heterocycles. The molecule has 1 aromatic rings. The molecule has 110 valence electrons. The molecule has 0 aliphatic rings. The predicted molar refractivity (Wildman–Crippen MR) is 68.8 cm³/mol. The maximum Gasteiger partial charge on any atom is 0.326 e. The number of amides is 3. The van der Waals surface area contributed by atoms with Crippen molar-refractivity contribution in [1.29, 1.82) is 0 Å². The Morgan fingerprint density at radius 3 is 2.65 bits per heavy atom. The molecule has 0 aromatic carbocycles. The van der Waals surface area contributed by atoms with E-state index in [0.717, 1.165) is 0 Å². The van der Waals surface area contributed by atoms with Crippen molar-refractivity contribution in [3.63, 3.8) is 0 Å². The summed E-state index contributed by atoms with van der Waals surface area (Å²) in [6.07, 6.45) is 1.75. The number of carbonyl (C=O) groups is 3. The summed E-state index contributed by atoms with van der Waals surface area (Å²) in [5, 5.41) is 15.9. The minimum absolute atomic E-state index is 0.202. The molecule has 0 saturated heterocycles. The lowest BCUT2D eigenvalue weighted by Crippen LogP contribution is -2.46. The summed E-state index contributed by atoms with van der Waals surface area (Å²) in [5.74, 6) is -1.09. The van der Waals surface area contributed by atoms with E-state index in [-0.39, 0.29) is 19.5 Å². The summed E-state index contributed by atoms with van der Waals surface area (Å²) >= 11 is 0. The van der Waals surface area contributed by atoms with Gasteiger partial charge in [0.05, 0.1) is 19.4 Å². The van der Waals surface area contributed by atoms with E-state index in [1.54, 1.807) is 19.1 Å². The second-order valence-corrected chi connectivity index (χ2v) is 3.98. The minimum Gasteiger partial charge on any atom is -0.480 e. The van der Waals surface area contributed by atoms with Crippen LogP contribution in [0.2, 0.25) is 0 Å². The lowest BCUT2D eigenvalue weighted by atomic mass is 10.2. The molecule has 20 heavy (non-hydrogen) atoms. The molecule has 1 unspecified atom stereocenters. The van der Waals surface area contributed by atoms with Gasteiger partial charge in [0.2, 0.25) is 5.91 Å². The normalized spacial score (nSPS) is 11.4. The average Bonchev–Trinajstić information content (AvgIpc) is 2.93. The van der Waals surface area contributed by atoms with Crippen LogP contribution >= 0.6 is 0 Å². The van der Waals surface area contributed by atoms with E-state index in [9.17, 15) is 14.4 Å². The number of urea groups is 1. The van der Waals surface area contributed by atoms with Gasteiger partial charge in [-0.05, 0) is 18.6 Å². The van der Waals surface area contributed by atoms with Gasteiger partial charge in [0.1, 0.15) is 11.8 Å². The van der Waals surface area contributed by atoms with Gasteiger partial charge in [0.25, 0.3) is 0 Å². The van der Waals surface area contributed by atoms with Gasteiger partial charge in [-0.15, -0.1) is 0 Å². The molecule has 8 heteroatoms. The van der Waals surface area contributed by atoms with Crippen molar-refractivity contribution < 1.29 is 23.9 Å². The average molecular weight is 283 g/mol. The highest BCUT2D eigenvalue weighted by Gasteiger charge is 2.17. The second-order valence-electron chi connectivity index (χ2n) is 3.98. The minimum atomic E-state index is -1.11. The lowest BCUT2D eigenvalue weighted by Gasteiger charge is -2.12. The fraction of sp³-hybridized carbons (Fsp3) is 0.417. The van der Waals surface area contributed by atoms with E-state index in [0.29, 0.717) is 5.76 Å². The molecular formula is C12H17N3O5. The Kier molecular flexibility index (Phi) is 6.08. The summed E-state index contributed by atoms with van der Waals surface area (Å²) in [6.45, 7) is 1.55. The highest BCUT2D eigenvalue weighted by molar-refractivity contribution is 5.87. The van der Waals surface area contributed by atoms with Gasteiger partial charge >= 0.3 is 12.0 Å². The Labute approximate surface area is 115 Å². The maximum atomic E-state index is 11.4. The summed E-state index contributed by atoms with van der Waals surface area (Å²) < 4.78 is 5.02. The van der Waals surface area contributed by atoms with Crippen molar-refractivity contribution >= 4 is 17.9 Å². The van der Waals surface area contributed by atoms with Crippen LogP contribution in [0, 0.1) is 0 Å². The molecule has 0 aliphatic carbocycles. The molecule has 0 bridgehead atoms. The molecule has 1 aromatic heterocycles. The van der Waals surface area contributed by atoms with Gasteiger partial charge in [-0.1, -0.05) is 6.92 Å². The third-order valence-electron chi connectivity index (χ3n) is 2.45. The van der Waals surface area contributed by atoms with Crippen molar-refractivity contribution in [2.45, 2.75) is 25.9 Å². The number of aliphatic carboxylic acids is 1. The standard InChI is InChI=1S/C12H17N3O5/c1-2-9(11(17)18)15-10(16)7-14-12(19)13-6-8-4-3-5-20-8/h3-5,9H,2,6-7H2,1H3,(H,15,16)(H,17,18)(H2,13,14,19). The van der Waals surface area contributed by atoms with Crippen molar-refractivity contribution in [3.8, 4) is 0 Å². The van der Waals surface area contributed by atoms with E-state index >= 15 is 0 Å². The van der Waals surface area contributed by atoms with Gasteiger partial charge in [-0.2, -0.15) is 0 Å². The van der Waals surface area contributed by atoms with Crippen LogP contribution in [-0.2, 0) is 16.1 Å². The third kappa shape index (κ3) is 5.42. The van der Waals surface area contributed by atoms with Crippen LogP contribution in [0.3, 0.4) is 0 Å². The van der Waals surface area contributed by atoms with Crippen molar-refractivity contribution in [2.75, 3.05) is 6.54 Å². The van der Waals surface area contributed by atoms with Crippen LogP contribution < -0.4 is 16.0 Å². The van der Waals surface area contributed by atoms with Crippen molar-refractivity contribution in [2.24, 2.45) is 0 Å². The number of furan rings is 1. The number of hydrogen-bond donors (Lipinski definition) is 4. The van der Waals surface area contributed by atoms with Gasteiger partial charge in [-0.25, -0.2) is 9.59 Å². The Balaban J connectivity index is 2.23. The van der Waals surface area contributed by atoms with E-state index < -0.39 is 23.9 Å². The quantitative estimate of drug-likeness (QED) is 0.564. The van der Waals surface area contributed by atoms with Gasteiger partial charge in [0.15, 0.2) is 0 Å². The van der Waals surface area contributed by atoms with Crippen LogP contribution in [0.4, 0.5) is 4.79 Å². The van der Waals surface area contributed by atoms with Gasteiger partial charge in [0, 0.05) is 0 Å². The Bertz CT molecular complexity index is 458. The summed E-state index contributed by atoms with van der Waals surface area (Å²) in [7, 11) is 0. The molecule has 4 N–H and O–H groups in total. The van der Waals surface area contributed by atoms with Crippen LogP contribution in [0.5, 0.6) is 0 Å². The van der Waals surface area contributed by atoms with E-state index in [1.165, 1.54) is 6.26 Å². The Morgan fingerprint density at radius 1 is 1.35 bits per heavy atom. The molecular weight excluding hydrogens is 266 g/mol. The molecule has 0 saturated carbocycles. The smallest absolute Gasteiger partial charge is 0.326 e.